The zero-order chi connectivity index (χ0) is 37.1. The number of hydrogen-bond donors (Lipinski definition) is 2. The highest BCUT2D eigenvalue weighted by atomic mass is 32.2. The summed E-state index contributed by atoms with van der Waals surface area (Å²) in [7, 11) is 3.11. The Morgan fingerprint density at radius 3 is 2.27 bits per heavy atom. The van der Waals surface area contributed by atoms with E-state index in [0.29, 0.717) is 26.2 Å². The fourth-order valence-corrected chi connectivity index (χ4v) is 7.63. The molecule has 0 unspecified atom stereocenters. The minimum Gasteiger partial charge on any atom is -0.497 e. The predicted molar refractivity (Wildman–Crippen MR) is 193 cm³/mol. The zero-order valence-electron chi connectivity index (χ0n) is 31.0. The summed E-state index contributed by atoms with van der Waals surface area (Å²) in [6.45, 7) is 9.12. The maximum Gasteiger partial charge on any atom is 0.217 e. The quantitative estimate of drug-likeness (QED) is 0.201. The number of methoxy groups -OCH3 is 2. The smallest absolute Gasteiger partial charge is 0.217 e. The predicted octanol–water partition coefficient (Wildman–Crippen LogP) is 3.82. The lowest BCUT2D eigenvalue weighted by Gasteiger charge is -2.44. The van der Waals surface area contributed by atoms with Crippen LogP contribution in [0.1, 0.15) is 45.2 Å². The molecule has 0 saturated carbocycles. The summed E-state index contributed by atoms with van der Waals surface area (Å²) >= 11 is 1.67. The molecule has 0 spiro atoms. The van der Waals surface area contributed by atoms with Crippen LogP contribution in [0.15, 0.2) is 54.6 Å². The van der Waals surface area contributed by atoms with E-state index in [2.05, 4.69) is 12.2 Å². The molecular formula is C38H55NO12S. The van der Waals surface area contributed by atoms with Crippen molar-refractivity contribution in [3.05, 3.63) is 65.7 Å². The van der Waals surface area contributed by atoms with Crippen LogP contribution >= 0.6 is 11.8 Å². The zero-order valence-corrected chi connectivity index (χ0v) is 31.8. The Morgan fingerprint density at radius 1 is 0.865 bits per heavy atom. The molecule has 0 aliphatic carbocycles. The topological polar surface area (TPSA) is 142 Å². The van der Waals surface area contributed by atoms with Gasteiger partial charge in [-0.1, -0.05) is 49.4 Å². The van der Waals surface area contributed by atoms with Crippen LogP contribution in [0, 0.1) is 0 Å². The van der Waals surface area contributed by atoms with Gasteiger partial charge in [-0.05, 0) is 49.3 Å². The molecule has 3 fully saturated rings. The van der Waals surface area contributed by atoms with Gasteiger partial charge in [0.1, 0.15) is 60.0 Å². The Hall–Kier alpha value is -2.34. The molecule has 1 amide bonds. The van der Waals surface area contributed by atoms with Crippen molar-refractivity contribution in [2.24, 2.45) is 0 Å². The van der Waals surface area contributed by atoms with Gasteiger partial charge in [0.25, 0.3) is 0 Å². The van der Waals surface area contributed by atoms with Crippen molar-refractivity contribution in [1.29, 1.82) is 0 Å². The molecule has 0 aromatic heterocycles. The highest BCUT2D eigenvalue weighted by Gasteiger charge is 2.56. The first-order valence-electron chi connectivity index (χ1n) is 17.9. The summed E-state index contributed by atoms with van der Waals surface area (Å²) in [5.74, 6) is 0.502. The van der Waals surface area contributed by atoms with Gasteiger partial charge in [0, 0.05) is 27.2 Å². The largest absolute Gasteiger partial charge is 0.497 e. The van der Waals surface area contributed by atoms with E-state index in [1.165, 1.54) is 14.0 Å². The van der Waals surface area contributed by atoms with Gasteiger partial charge in [0.05, 0.1) is 33.5 Å². The average Bonchev–Trinajstić information content (AvgIpc) is 3.47. The van der Waals surface area contributed by atoms with Crippen molar-refractivity contribution in [2.45, 2.75) is 114 Å². The van der Waals surface area contributed by atoms with Gasteiger partial charge in [-0.2, -0.15) is 0 Å². The molecule has 2 aromatic rings. The number of aliphatic hydroxyl groups excluding tert-OH is 1. The maximum absolute atomic E-state index is 11.9. The number of rotatable bonds is 19. The van der Waals surface area contributed by atoms with Crippen molar-refractivity contribution in [1.82, 2.24) is 5.32 Å². The van der Waals surface area contributed by atoms with Crippen LogP contribution in [0.25, 0.3) is 0 Å². The van der Waals surface area contributed by atoms with Crippen LogP contribution in [-0.4, -0.2) is 124 Å². The summed E-state index contributed by atoms with van der Waals surface area (Å²) in [6.07, 6.45) is -4.32. The van der Waals surface area contributed by atoms with Gasteiger partial charge >= 0.3 is 0 Å². The first kappa shape index (κ1) is 40.8. The molecule has 52 heavy (non-hydrogen) atoms. The van der Waals surface area contributed by atoms with Crippen LogP contribution in [0.4, 0.5) is 0 Å². The number of thioether (sulfide) groups is 1. The van der Waals surface area contributed by atoms with E-state index in [1.54, 1.807) is 18.9 Å². The molecule has 5 rings (SSSR count). The Balaban J connectivity index is 1.14. The van der Waals surface area contributed by atoms with Gasteiger partial charge < -0.3 is 57.8 Å². The highest BCUT2D eigenvalue weighted by Crippen LogP contribution is 2.41. The second-order valence-electron chi connectivity index (χ2n) is 13.4. The Kier molecular flexibility index (Phi) is 15.6. The van der Waals surface area contributed by atoms with Gasteiger partial charge in [-0.3, -0.25) is 4.79 Å². The van der Waals surface area contributed by atoms with Crippen LogP contribution in [-0.2, 0) is 60.6 Å². The summed E-state index contributed by atoms with van der Waals surface area (Å²) < 4.78 is 61.0. The molecule has 290 valence electrons. The number of carbonyl (C=O) groups excluding carboxylic acids is 1. The fraction of sp³-hybridized carbons (Fsp3) is 0.658. The molecule has 2 aromatic carbocycles. The van der Waals surface area contributed by atoms with Crippen molar-refractivity contribution in [3.8, 4) is 5.75 Å². The molecule has 3 heterocycles. The molecule has 13 nitrogen and oxygen atoms in total. The molecule has 0 bridgehead atoms. The lowest BCUT2D eigenvalue weighted by atomic mass is 9.96. The highest BCUT2D eigenvalue weighted by molar-refractivity contribution is 7.99. The third-order valence-corrected chi connectivity index (χ3v) is 10.1. The summed E-state index contributed by atoms with van der Waals surface area (Å²) in [4.78, 5) is 11.9. The Labute approximate surface area is 311 Å². The minimum absolute atomic E-state index is 0.154. The number of benzene rings is 2. The van der Waals surface area contributed by atoms with E-state index in [-0.39, 0.29) is 55.6 Å². The normalized spacial score (nSPS) is 31.2. The van der Waals surface area contributed by atoms with E-state index < -0.39 is 36.4 Å². The fourth-order valence-electron chi connectivity index (χ4n) is 6.66. The number of amides is 1. The lowest BCUT2D eigenvalue weighted by molar-refractivity contribution is -0.274. The number of nitrogens with one attached hydrogen (secondary N) is 1. The monoisotopic (exact) mass is 749 g/mol. The van der Waals surface area contributed by atoms with Gasteiger partial charge in [0.15, 0.2) is 12.1 Å². The lowest BCUT2D eigenvalue weighted by Crippen LogP contribution is -2.65. The molecule has 10 atom stereocenters. The second-order valence-corrected chi connectivity index (χ2v) is 14.8. The summed E-state index contributed by atoms with van der Waals surface area (Å²) in [6, 6.07) is 16.8. The molecule has 0 radical (unpaired) electrons. The molecule has 2 N–H and O–H groups in total. The van der Waals surface area contributed by atoms with Crippen LogP contribution in [0.3, 0.4) is 0 Å². The van der Waals surface area contributed by atoms with Crippen LogP contribution < -0.4 is 10.1 Å². The SMILES string of the molecule is CCS[C@@H]1O[C@H](COCCCO[C@H]2[C@H](O)[C@@H](NC(C)=O)[C@H](OC)O[C@@H]2COCc2ccccc2)[C@@H]2OC(C)(C)O[C@@H]2[C@H]1OCc1ccc(OC)cc1. The molecule has 3 aliphatic rings. The van der Waals surface area contributed by atoms with E-state index in [1.807, 2.05) is 68.4 Å². The molecule has 3 aliphatic heterocycles. The number of ether oxygens (including phenoxy) is 10. The third-order valence-electron chi connectivity index (χ3n) is 9.06. The van der Waals surface area contributed by atoms with E-state index in [9.17, 15) is 9.90 Å². The van der Waals surface area contributed by atoms with Crippen LogP contribution in [0.5, 0.6) is 5.75 Å². The average molecular weight is 750 g/mol. The van der Waals surface area contributed by atoms with E-state index in [0.717, 1.165) is 22.6 Å². The number of carbonyl (C=O) groups is 1. The second kappa shape index (κ2) is 19.8. The van der Waals surface area contributed by atoms with Crippen molar-refractivity contribution < 1.29 is 57.3 Å². The minimum atomic E-state index is -1.10. The van der Waals surface area contributed by atoms with Gasteiger partial charge in [-0.15, -0.1) is 11.8 Å². The number of aliphatic hydroxyl groups is 1. The van der Waals surface area contributed by atoms with Gasteiger partial charge in [0.2, 0.25) is 5.91 Å². The van der Waals surface area contributed by atoms with Crippen molar-refractivity contribution in [2.75, 3.05) is 46.4 Å². The summed E-state index contributed by atoms with van der Waals surface area (Å²) in [5, 5.41) is 14.1. The number of hydrogen-bond acceptors (Lipinski definition) is 13. The van der Waals surface area contributed by atoms with Crippen molar-refractivity contribution >= 4 is 17.7 Å². The third kappa shape index (κ3) is 11.1. The molecule has 14 heteroatoms. The van der Waals surface area contributed by atoms with Crippen LogP contribution in [0.2, 0.25) is 0 Å². The Bertz CT molecular complexity index is 1350. The van der Waals surface area contributed by atoms with E-state index >= 15 is 0 Å². The van der Waals surface area contributed by atoms with E-state index in [4.69, 9.17) is 47.4 Å². The van der Waals surface area contributed by atoms with Crippen molar-refractivity contribution in [3.63, 3.8) is 0 Å². The molecular weight excluding hydrogens is 694 g/mol. The first-order valence-corrected chi connectivity index (χ1v) is 19.0. The standard InChI is InChI=1S/C38H55NO12S/c1-7-52-37-35(47-21-26-14-16-27(42-5)17-15-26)34-33(50-38(3,4)51-34)29(49-37)22-44-18-11-19-46-32-28(23-45-20-25-12-9-8-10-13-25)48-36(43-6)30(31(32)41)39-24(2)40/h8-10,12-17,28-37,41H,7,11,18-23H2,1-6H3,(H,39,40)/t28-,29-,30-,31-,32-,33+,34+,35-,36-,37+/m1/s1. The molecule has 3 saturated heterocycles. The maximum atomic E-state index is 11.9. The first-order chi connectivity index (χ1) is 25.1. The van der Waals surface area contributed by atoms with Gasteiger partial charge in [-0.25, -0.2) is 0 Å². The summed E-state index contributed by atoms with van der Waals surface area (Å²) in [5.41, 5.74) is 1.75. The Morgan fingerprint density at radius 2 is 1.58 bits per heavy atom. The number of fused-ring (bicyclic) bond motifs is 1.